The van der Waals surface area contributed by atoms with Crippen LogP contribution in [0.1, 0.15) is 11.6 Å². The van der Waals surface area contributed by atoms with Crippen molar-refractivity contribution in [1.29, 1.82) is 0 Å². The first kappa shape index (κ1) is 22.0. The van der Waals surface area contributed by atoms with Crippen LogP contribution in [0.25, 0.3) is 44.5 Å². The maximum Gasteiger partial charge on any atom is 0.247 e. The Balaban J connectivity index is 1.52. The molecule has 9 heteroatoms. The van der Waals surface area contributed by atoms with Crippen LogP contribution in [-0.4, -0.2) is 48.6 Å². The molecule has 1 aliphatic rings. The zero-order valence-corrected chi connectivity index (χ0v) is 20.0. The number of hydrogen-bond acceptors (Lipinski definition) is 5. The van der Waals surface area contributed by atoms with E-state index in [0.29, 0.717) is 13.2 Å². The van der Waals surface area contributed by atoms with Gasteiger partial charge in [0.15, 0.2) is 0 Å². The van der Waals surface area contributed by atoms with Crippen molar-refractivity contribution in [2.75, 3.05) is 18.5 Å². The molecule has 0 unspecified atom stereocenters. The summed E-state index contributed by atoms with van der Waals surface area (Å²) < 4.78 is 9.03. The average Bonchev–Trinajstić information content (AvgIpc) is 3.57. The van der Waals surface area contributed by atoms with E-state index in [1.165, 1.54) is 6.08 Å². The number of fused-ring (bicyclic) bond motifs is 1. The number of anilines is 1. The smallest absolute Gasteiger partial charge is 0.247 e. The van der Waals surface area contributed by atoms with E-state index in [9.17, 15) is 4.79 Å². The van der Waals surface area contributed by atoms with Gasteiger partial charge >= 0.3 is 0 Å². The standard InChI is InChI=1S/C27H25N7O2/c1-4-24(35)31-23-8-17(6-5-16(23)2)25-22-7-18(19-10-30-34(13-19)21-14-36-15-21)9-28-27(22)32-26(25)20-11-29-33(3)12-20/h4-13,21H,1,14-15H2,2-3H3,(H,28,32)(H,31,35). The molecule has 6 rings (SSSR count). The third kappa shape index (κ3) is 3.79. The fourth-order valence-electron chi connectivity index (χ4n) is 4.45. The van der Waals surface area contributed by atoms with Gasteiger partial charge < -0.3 is 15.0 Å². The SMILES string of the molecule is C=CC(=O)Nc1cc(-c2c(-c3cnn(C)c3)[nH]c3ncc(-c4cnn(C5COC5)c4)cc23)ccc1C. The molecule has 0 atom stereocenters. The Morgan fingerprint density at radius 2 is 1.94 bits per heavy atom. The van der Waals surface area contributed by atoms with Crippen LogP contribution >= 0.6 is 0 Å². The Hall–Kier alpha value is -4.50. The van der Waals surface area contributed by atoms with Crippen molar-refractivity contribution >= 4 is 22.6 Å². The van der Waals surface area contributed by atoms with E-state index in [-0.39, 0.29) is 11.9 Å². The van der Waals surface area contributed by atoms with E-state index in [1.54, 1.807) is 4.68 Å². The minimum Gasteiger partial charge on any atom is -0.377 e. The van der Waals surface area contributed by atoms with Crippen LogP contribution in [-0.2, 0) is 16.6 Å². The van der Waals surface area contributed by atoms with Crippen molar-refractivity contribution in [3.05, 3.63) is 73.5 Å². The van der Waals surface area contributed by atoms with Crippen LogP contribution in [0.15, 0.2) is 67.9 Å². The van der Waals surface area contributed by atoms with Gasteiger partial charge in [-0.2, -0.15) is 10.2 Å². The first-order valence-corrected chi connectivity index (χ1v) is 11.7. The number of ether oxygens (including phenoxy) is 1. The van der Waals surface area contributed by atoms with Gasteiger partial charge in [0.05, 0.1) is 37.3 Å². The number of carbonyl (C=O) groups is 1. The number of H-pyrrole nitrogens is 1. The second kappa shape index (κ2) is 8.62. The van der Waals surface area contributed by atoms with E-state index < -0.39 is 0 Å². The van der Waals surface area contributed by atoms with Gasteiger partial charge in [-0.1, -0.05) is 18.7 Å². The summed E-state index contributed by atoms with van der Waals surface area (Å²) in [5.41, 5.74) is 8.22. The van der Waals surface area contributed by atoms with Gasteiger partial charge in [-0.15, -0.1) is 0 Å². The molecule has 180 valence electrons. The van der Waals surface area contributed by atoms with Gasteiger partial charge in [-0.3, -0.25) is 14.2 Å². The van der Waals surface area contributed by atoms with Crippen LogP contribution in [0.3, 0.4) is 0 Å². The third-order valence-electron chi connectivity index (χ3n) is 6.54. The highest BCUT2D eigenvalue weighted by molar-refractivity contribution is 6.05. The number of nitrogens with one attached hydrogen (secondary N) is 2. The summed E-state index contributed by atoms with van der Waals surface area (Å²) in [6, 6.07) is 8.46. The summed E-state index contributed by atoms with van der Waals surface area (Å²) in [6.45, 7) is 6.91. The minimum absolute atomic E-state index is 0.250. The van der Waals surface area contributed by atoms with E-state index in [2.05, 4.69) is 39.2 Å². The van der Waals surface area contributed by atoms with E-state index in [4.69, 9.17) is 9.72 Å². The summed E-state index contributed by atoms with van der Waals surface area (Å²) in [5.74, 6) is -0.250. The van der Waals surface area contributed by atoms with E-state index in [0.717, 1.165) is 55.8 Å². The van der Waals surface area contributed by atoms with Crippen LogP contribution in [0.2, 0.25) is 0 Å². The van der Waals surface area contributed by atoms with Crippen LogP contribution in [0.4, 0.5) is 5.69 Å². The third-order valence-corrected chi connectivity index (χ3v) is 6.54. The first-order valence-electron chi connectivity index (χ1n) is 11.7. The highest BCUT2D eigenvalue weighted by atomic mass is 16.5. The Labute approximate surface area is 207 Å². The van der Waals surface area contributed by atoms with Gasteiger partial charge in [-0.05, 0) is 36.3 Å². The highest BCUT2D eigenvalue weighted by Crippen LogP contribution is 2.40. The molecule has 9 nitrogen and oxygen atoms in total. The summed E-state index contributed by atoms with van der Waals surface area (Å²) in [6.07, 6.45) is 10.8. The number of nitrogens with zero attached hydrogens (tertiary/aromatic N) is 5. The number of aryl methyl sites for hydroxylation is 2. The van der Waals surface area contributed by atoms with Crippen molar-refractivity contribution in [2.24, 2.45) is 7.05 Å². The number of hydrogen-bond donors (Lipinski definition) is 2. The molecule has 36 heavy (non-hydrogen) atoms. The van der Waals surface area contributed by atoms with Crippen molar-refractivity contribution in [3.63, 3.8) is 0 Å². The summed E-state index contributed by atoms with van der Waals surface area (Å²) in [4.78, 5) is 20.3. The Bertz CT molecular complexity index is 1620. The van der Waals surface area contributed by atoms with Crippen LogP contribution in [0, 0.1) is 6.92 Å². The van der Waals surface area contributed by atoms with Crippen LogP contribution < -0.4 is 5.32 Å². The number of pyridine rings is 1. The molecule has 1 aromatic carbocycles. The molecule has 0 aliphatic carbocycles. The molecule has 1 saturated heterocycles. The lowest BCUT2D eigenvalue weighted by molar-refractivity contribution is -0.111. The predicted molar refractivity (Wildman–Crippen MR) is 138 cm³/mol. The molecule has 2 N–H and O–H groups in total. The number of amides is 1. The Morgan fingerprint density at radius 3 is 2.67 bits per heavy atom. The molecule has 0 saturated carbocycles. The molecule has 4 aromatic heterocycles. The van der Waals surface area contributed by atoms with Gasteiger partial charge in [0, 0.05) is 59.0 Å². The second-order valence-electron chi connectivity index (χ2n) is 9.02. The van der Waals surface area contributed by atoms with Crippen LogP contribution in [0.5, 0.6) is 0 Å². The molecule has 0 radical (unpaired) electrons. The van der Waals surface area contributed by atoms with Crippen molar-refractivity contribution < 1.29 is 9.53 Å². The number of carbonyl (C=O) groups excluding carboxylic acids is 1. The minimum atomic E-state index is -0.250. The molecule has 0 spiro atoms. The molecule has 5 aromatic rings. The Kier molecular flexibility index (Phi) is 5.26. The zero-order chi connectivity index (χ0) is 24.8. The topological polar surface area (TPSA) is 103 Å². The summed E-state index contributed by atoms with van der Waals surface area (Å²) >= 11 is 0. The highest BCUT2D eigenvalue weighted by Gasteiger charge is 2.22. The molecular formula is C27H25N7O2. The molecule has 5 heterocycles. The van der Waals surface area contributed by atoms with E-state index in [1.807, 2.05) is 61.8 Å². The van der Waals surface area contributed by atoms with Crippen molar-refractivity contribution in [1.82, 2.24) is 29.5 Å². The number of benzene rings is 1. The summed E-state index contributed by atoms with van der Waals surface area (Å²) in [7, 11) is 1.89. The zero-order valence-electron chi connectivity index (χ0n) is 20.0. The monoisotopic (exact) mass is 479 g/mol. The lowest BCUT2D eigenvalue weighted by Gasteiger charge is -2.25. The molecule has 1 amide bonds. The molecule has 0 bridgehead atoms. The number of aromatic nitrogens is 6. The molecule has 1 fully saturated rings. The molecule has 1 aliphatic heterocycles. The van der Waals surface area contributed by atoms with Crippen molar-refractivity contribution in [3.8, 4) is 33.5 Å². The summed E-state index contributed by atoms with van der Waals surface area (Å²) in [5, 5.41) is 12.8. The Morgan fingerprint density at radius 1 is 1.11 bits per heavy atom. The fraction of sp³-hybridized carbons (Fsp3) is 0.185. The normalized spacial score (nSPS) is 13.6. The number of aromatic amines is 1. The average molecular weight is 480 g/mol. The van der Waals surface area contributed by atoms with Gasteiger partial charge in [-0.25, -0.2) is 4.98 Å². The number of rotatable bonds is 6. The molecular weight excluding hydrogens is 454 g/mol. The second-order valence-corrected chi connectivity index (χ2v) is 9.02. The maximum atomic E-state index is 12.0. The fourth-order valence-corrected chi connectivity index (χ4v) is 4.45. The lowest BCUT2D eigenvalue weighted by atomic mass is 9.97. The van der Waals surface area contributed by atoms with Crippen molar-refractivity contribution in [2.45, 2.75) is 13.0 Å². The van der Waals surface area contributed by atoms with Gasteiger partial charge in [0.25, 0.3) is 0 Å². The predicted octanol–water partition coefficient (Wildman–Crippen LogP) is 4.50. The largest absolute Gasteiger partial charge is 0.377 e. The quantitative estimate of drug-likeness (QED) is 0.349. The van der Waals surface area contributed by atoms with Gasteiger partial charge in [0.2, 0.25) is 5.91 Å². The maximum absolute atomic E-state index is 12.0. The van der Waals surface area contributed by atoms with E-state index >= 15 is 0 Å². The lowest BCUT2D eigenvalue weighted by Crippen LogP contribution is -2.30. The van der Waals surface area contributed by atoms with Gasteiger partial charge in [0.1, 0.15) is 5.65 Å². The first-order chi connectivity index (χ1) is 17.5.